The number of fused-ring (bicyclic) bond motifs is 1. The number of nitrogens with zero attached hydrogens (tertiary/aromatic N) is 1. The summed E-state index contributed by atoms with van der Waals surface area (Å²) in [6.45, 7) is 3.49. The standard InChI is InChI=1S/C15H15N3O3S/c1-9-10(2)17-21-15(9)18-22(19,20)14-6-4-11-7-13(16)5-3-12(11)8-14/h3-8,18H,16H2,1-2H3. The van der Waals surface area contributed by atoms with E-state index in [4.69, 9.17) is 10.3 Å². The van der Waals surface area contributed by atoms with Gasteiger partial charge in [0.2, 0.25) is 5.88 Å². The smallest absolute Gasteiger partial charge is 0.264 e. The molecule has 0 aliphatic carbocycles. The lowest BCUT2D eigenvalue weighted by Crippen LogP contribution is -2.13. The number of hydrogen-bond acceptors (Lipinski definition) is 5. The third-order valence-corrected chi connectivity index (χ3v) is 4.86. The first kappa shape index (κ1) is 14.4. The second-order valence-electron chi connectivity index (χ2n) is 5.10. The zero-order valence-electron chi connectivity index (χ0n) is 12.1. The monoisotopic (exact) mass is 317 g/mol. The Bertz CT molecular complexity index is 961. The van der Waals surface area contributed by atoms with Crippen LogP contribution in [0.15, 0.2) is 45.8 Å². The molecule has 1 aromatic heterocycles. The van der Waals surface area contributed by atoms with Crippen molar-refractivity contribution in [1.29, 1.82) is 0 Å². The van der Waals surface area contributed by atoms with Crippen molar-refractivity contribution in [3.8, 4) is 0 Å². The molecule has 1 heterocycles. The van der Waals surface area contributed by atoms with E-state index in [2.05, 4.69) is 9.88 Å². The van der Waals surface area contributed by atoms with Crippen LogP contribution in [-0.4, -0.2) is 13.6 Å². The molecule has 3 N–H and O–H groups in total. The van der Waals surface area contributed by atoms with E-state index in [1.165, 1.54) is 6.07 Å². The van der Waals surface area contributed by atoms with E-state index in [1.807, 2.05) is 0 Å². The Morgan fingerprint density at radius 3 is 2.45 bits per heavy atom. The maximum absolute atomic E-state index is 12.5. The molecule has 2 aromatic carbocycles. The molecular formula is C15H15N3O3S. The van der Waals surface area contributed by atoms with Crippen LogP contribution in [0.5, 0.6) is 0 Å². The fourth-order valence-electron chi connectivity index (χ4n) is 2.10. The highest BCUT2D eigenvalue weighted by atomic mass is 32.2. The van der Waals surface area contributed by atoms with Gasteiger partial charge in [-0.1, -0.05) is 17.3 Å². The number of nitrogens with one attached hydrogen (secondary N) is 1. The fraction of sp³-hybridized carbons (Fsp3) is 0.133. The van der Waals surface area contributed by atoms with Gasteiger partial charge < -0.3 is 10.3 Å². The van der Waals surface area contributed by atoms with E-state index in [0.29, 0.717) is 16.9 Å². The van der Waals surface area contributed by atoms with E-state index in [-0.39, 0.29) is 10.8 Å². The second kappa shape index (κ2) is 5.03. The second-order valence-corrected chi connectivity index (χ2v) is 6.78. The molecule has 0 aliphatic rings. The summed E-state index contributed by atoms with van der Waals surface area (Å²) < 4.78 is 32.3. The molecule has 114 valence electrons. The van der Waals surface area contributed by atoms with E-state index in [0.717, 1.165) is 10.8 Å². The molecule has 6 nitrogen and oxygen atoms in total. The first-order chi connectivity index (χ1) is 10.4. The molecule has 0 atom stereocenters. The minimum atomic E-state index is -3.74. The van der Waals surface area contributed by atoms with Crippen LogP contribution in [0.25, 0.3) is 10.8 Å². The molecule has 0 saturated carbocycles. The zero-order chi connectivity index (χ0) is 15.9. The molecule has 0 saturated heterocycles. The number of nitrogen functional groups attached to an aromatic ring is 1. The van der Waals surface area contributed by atoms with Gasteiger partial charge in [-0.3, -0.25) is 0 Å². The average Bonchev–Trinajstić information content (AvgIpc) is 2.78. The lowest BCUT2D eigenvalue weighted by atomic mass is 10.1. The molecule has 0 spiro atoms. The van der Waals surface area contributed by atoms with Crippen LogP contribution in [0, 0.1) is 13.8 Å². The highest BCUT2D eigenvalue weighted by molar-refractivity contribution is 7.92. The van der Waals surface area contributed by atoms with Crippen LogP contribution >= 0.6 is 0 Å². The number of nitrogens with two attached hydrogens (primary N) is 1. The van der Waals surface area contributed by atoms with Gasteiger partial charge in [-0.15, -0.1) is 0 Å². The van der Waals surface area contributed by atoms with Crippen LogP contribution in [0.3, 0.4) is 0 Å². The number of anilines is 2. The van der Waals surface area contributed by atoms with Crippen LogP contribution in [-0.2, 0) is 10.0 Å². The molecule has 0 aliphatic heterocycles. The van der Waals surface area contributed by atoms with Gasteiger partial charge in [0, 0.05) is 11.3 Å². The highest BCUT2D eigenvalue weighted by Crippen LogP contribution is 2.25. The average molecular weight is 317 g/mol. The lowest BCUT2D eigenvalue weighted by molar-refractivity contribution is 0.430. The summed E-state index contributed by atoms with van der Waals surface area (Å²) in [7, 11) is -3.74. The van der Waals surface area contributed by atoms with Gasteiger partial charge in [-0.05, 0) is 48.9 Å². The third kappa shape index (κ3) is 2.50. The minimum Gasteiger partial charge on any atom is -0.399 e. The Labute approximate surface area is 128 Å². The van der Waals surface area contributed by atoms with Crippen molar-refractivity contribution in [2.75, 3.05) is 10.5 Å². The van der Waals surface area contributed by atoms with Gasteiger partial charge in [0.05, 0.1) is 10.6 Å². The number of benzene rings is 2. The van der Waals surface area contributed by atoms with Crippen molar-refractivity contribution < 1.29 is 12.9 Å². The van der Waals surface area contributed by atoms with Gasteiger partial charge in [0.25, 0.3) is 10.0 Å². The van der Waals surface area contributed by atoms with Gasteiger partial charge in [0.1, 0.15) is 0 Å². The molecule has 3 rings (SSSR count). The van der Waals surface area contributed by atoms with Crippen LogP contribution in [0.2, 0.25) is 0 Å². The summed E-state index contributed by atoms with van der Waals surface area (Å²) in [6, 6.07) is 10.2. The number of sulfonamides is 1. The van der Waals surface area contributed by atoms with E-state index in [9.17, 15) is 8.42 Å². The van der Waals surface area contributed by atoms with E-state index >= 15 is 0 Å². The number of hydrogen-bond donors (Lipinski definition) is 2. The first-order valence-electron chi connectivity index (χ1n) is 6.62. The molecule has 0 radical (unpaired) electrons. The van der Waals surface area contributed by atoms with Crippen molar-refractivity contribution >= 4 is 32.4 Å². The minimum absolute atomic E-state index is 0.134. The predicted molar refractivity (Wildman–Crippen MR) is 85.1 cm³/mol. The zero-order valence-corrected chi connectivity index (χ0v) is 12.9. The molecular weight excluding hydrogens is 302 g/mol. The first-order valence-corrected chi connectivity index (χ1v) is 8.10. The van der Waals surface area contributed by atoms with Crippen LogP contribution in [0.1, 0.15) is 11.3 Å². The van der Waals surface area contributed by atoms with Crippen molar-refractivity contribution in [3.63, 3.8) is 0 Å². The number of rotatable bonds is 3. The number of aryl methyl sites for hydroxylation is 1. The van der Waals surface area contributed by atoms with Gasteiger partial charge in [-0.2, -0.15) is 0 Å². The van der Waals surface area contributed by atoms with Gasteiger partial charge >= 0.3 is 0 Å². The largest absolute Gasteiger partial charge is 0.399 e. The van der Waals surface area contributed by atoms with Crippen LogP contribution in [0.4, 0.5) is 11.6 Å². The molecule has 7 heteroatoms. The highest BCUT2D eigenvalue weighted by Gasteiger charge is 2.19. The summed E-state index contributed by atoms with van der Waals surface area (Å²) >= 11 is 0. The van der Waals surface area contributed by atoms with Gasteiger partial charge in [-0.25, -0.2) is 13.1 Å². The van der Waals surface area contributed by atoms with Crippen LogP contribution < -0.4 is 10.5 Å². The molecule has 0 fully saturated rings. The maximum atomic E-state index is 12.5. The van der Waals surface area contributed by atoms with Crippen molar-refractivity contribution in [2.24, 2.45) is 0 Å². The Balaban J connectivity index is 2.01. The molecule has 0 unspecified atom stereocenters. The van der Waals surface area contributed by atoms with Crippen molar-refractivity contribution in [1.82, 2.24) is 5.16 Å². The Kier molecular flexibility index (Phi) is 3.29. The number of aromatic nitrogens is 1. The lowest BCUT2D eigenvalue weighted by Gasteiger charge is -2.07. The molecule has 3 aromatic rings. The molecule has 0 bridgehead atoms. The Morgan fingerprint density at radius 1 is 1.09 bits per heavy atom. The van der Waals surface area contributed by atoms with Gasteiger partial charge in [0.15, 0.2) is 0 Å². The third-order valence-electron chi connectivity index (χ3n) is 3.53. The summed E-state index contributed by atoms with van der Waals surface area (Å²) in [6.07, 6.45) is 0. The SMILES string of the molecule is Cc1noc(NS(=O)(=O)c2ccc3cc(N)ccc3c2)c1C. The Hall–Kier alpha value is -2.54. The van der Waals surface area contributed by atoms with E-state index in [1.54, 1.807) is 44.2 Å². The summed E-state index contributed by atoms with van der Waals surface area (Å²) in [4.78, 5) is 0.151. The molecule has 0 amide bonds. The summed E-state index contributed by atoms with van der Waals surface area (Å²) in [5.41, 5.74) is 7.66. The van der Waals surface area contributed by atoms with E-state index < -0.39 is 10.0 Å². The van der Waals surface area contributed by atoms with Crippen molar-refractivity contribution in [2.45, 2.75) is 18.7 Å². The normalized spacial score (nSPS) is 11.7. The quantitative estimate of drug-likeness (QED) is 0.724. The predicted octanol–water partition coefficient (Wildman–Crippen LogP) is 2.83. The molecule has 22 heavy (non-hydrogen) atoms. The Morgan fingerprint density at radius 2 is 1.77 bits per heavy atom. The fourth-order valence-corrected chi connectivity index (χ4v) is 3.18. The summed E-state index contributed by atoms with van der Waals surface area (Å²) in [5, 5.41) is 5.41. The summed E-state index contributed by atoms with van der Waals surface area (Å²) in [5.74, 6) is 0.134. The van der Waals surface area contributed by atoms with Crippen molar-refractivity contribution in [3.05, 3.63) is 47.7 Å². The topological polar surface area (TPSA) is 98.2 Å². The maximum Gasteiger partial charge on any atom is 0.264 e.